The van der Waals surface area contributed by atoms with Crippen LogP contribution in [0.3, 0.4) is 0 Å². The topological polar surface area (TPSA) is 131 Å². The van der Waals surface area contributed by atoms with Crippen LogP contribution in [-0.2, 0) is 25.5 Å². The number of rotatable bonds is 11. The number of aliphatic hydroxyl groups is 1. The van der Waals surface area contributed by atoms with E-state index in [0.29, 0.717) is 6.42 Å². The smallest absolute Gasteiger partial charge is 0.328 e. The molecule has 0 bridgehead atoms. The van der Waals surface area contributed by atoms with Gasteiger partial charge in [-0.05, 0) is 36.7 Å². The number of aliphatic hydroxyl groups excluding tert-OH is 1. The molecule has 8 nitrogen and oxygen atoms in total. The van der Waals surface area contributed by atoms with Crippen molar-refractivity contribution in [1.82, 2.24) is 10.6 Å². The van der Waals surface area contributed by atoms with Crippen molar-refractivity contribution in [3.05, 3.63) is 35.9 Å². The quantitative estimate of drug-likeness (QED) is 0.362. The number of esters is 1. The van der Waals surface area contributed by atoms with Gasteiger partial charge < -0.3 is 26.2 Å². The Labute approximate surface area is 203 Å². The average Bonchev–Trinajstić information content (AvgIpc) is 3.35. The van der Waals surface area contributed by atoms with Gasteiger partial charge >= 0.3 is 5.97 Å². The van der Waals surface area contributed by atoms with E-state index in [1.807, 2.05) is 30.3 Å². The van der Waals surface area contributed by atoms with Gasteiger partial charge in [0.15, 0.2) is 0 Å². The zero-order chi connectivity index (χ0) is 25.5. The summed E-state index contributed by atoms with van der Waals surface area (Å²) in [6.07, 6.45) is 2.30. The summed E-state index contributed by atoms with van der Waals surface area (Å²) in [5, 5.41) is 17.2. The van der Waals surface area contributed by atoms with Gasteiger partial charge in [-0.3, -0.25) is 9.59 Å². The van der Waals surface area contributed by atoms with E-state index in [1.165, 1.54) is 7.11 Å². The number of carbonyl (C=O) groups excluding carboxylic acids is 3. The predicted octanol–water partition coefficient (Wildman–Crippen LogP) is 1.93. The maximum Gasteiger partial charge on any atom is 0.328 e. The first kappa shape index (κ1) is 27.8. The van der Waals surface area contributed by atoms with Gasteiger partial charge in [0.25, 0.3) is 0 Å². The fraction of sp³-hybridized carbons (Fsp3) is 0.654. The minimum Gasteiger partial charge on any atom is -0.467 e. The third kappa shape index (κ3) is 6.36. The van der Waals surface area contributed by atoms with Crippen LogP contribution in [0, 0.1) is 17.8 Å². The minimum atomic E-state index is -1.73. The van der Waals surface area contributed by atoms with Gasteiger partial charge in [-0.2, -0.15) is 0 Å². The number of carbonyl (C=O) groups is 3. The standard InChI is InChI=1S/C26H41N3O5/c1-16(2)21(24(32)34-5)28-25(33)26(17(3)4,29-23(31)19-13-9-10-14-19)22(30)20(27)15-18-11-7-6-8-12-18/h6-8,11-12,16-17,19-22,30H,9-10,13-15,27H2,1-5H3,(H,28,33)(H,29,31)/t20?,21?,22?,26-/m0/s1. The summed E-state index contributed by atoms with van der Waals surface area (Å²) in [5.74, 6) is -2.50. The summed E-state index contributed by atoms with van der Waals surface area (Å²) < 4.78 is 4.87. The predicted molar refractivity (Wildman–Crippen MR) is 131 cm³/mol. The SMILES string of the molecule is COC(=O)C(NC(=O)[C@](NC(=O)C1CCCC1)(C(C)C)C(O)C(N)Cc1ccccc1)C(C)C. The second-order valence-corrected chi connectivity index (χ2v) is 10.0. The average molecular weight is 476 g/mol. The van der Waals surface area contributed by atoms with Crippen LogP contribution < -0.4 is 16.4 Å². The molecule has 1 aliphatic rings. The molecule has 5 N–H and O–H groups in total. The molecule has 0 heterocycles. The highest BCUT2D eigenvalue weighted by molar-refractivity contribution is 5.95. The summed E-state index contributed by atoms with van der Waals surface area (Å²) >= 11 is 0. The molecule has 2 rings (SSSR count). The van der Waals surface area contributed by atoms with Crippen molar-refractivity contribution < 1.29 is 24.2 Å². The van der Waals surface area contributed by atoms with Crippen LogP contribution in [-0.4, -0.2) is 53.7 Å². The maximum absolute atomic E-state index is 13.8. The molecule has 3 unspecified atom stereocenters. The summed E-state index contributed by atoms with van der Waals surface area (Å²) in [4.78, 5) is 39.4. The van der Waals surface area contributed by atoms with Gasteiger partial charge in [0, 0.05) is 12.0 Å². The van der Waals surface area contributed by atoms with Gasteiger partial charge in [-0.1, -0.05) is 70.9 Å². The Kier molecular flexibility index (Phi) is 10.1. The maximum atomic E-state index is 13.8. The van der Waals surface area contributed by atoms with Crippen LogP contribution in [0.25, 0.3) is 0 Å². The first-order valence-corrected chi connectivity index (χ1v) is 12.2. The molecule has 0 aliphatic heterocycles. The molecule has 34 heavy (non-hydrogen) atoms. The van der Waals surface area contributed by atoms with Crippen LogP contribution in [0.1, 0.15) is 58.9 Å². The fourth-order valence-corrected chi connectivity index (χ4v) is 4.73. The van der Waals surface area contributed by atoms with Gasteiger partial charge in [-0.15, -0.1) is 0 Å². The molecule has 1 saturated carbocycles. The Morgan fingerprint density at radius 3 is 2.21 bits per heavy atom. The highest BCUT2D eigenvalue weighted by atomic mass is 16.5. The Morgan fingerprint density at radius 1 is 1.12 bits per heavy atom. The largest absolute Gasteiger partial charge is 0.467 e. The summed E-state index contributed by atoms with van der Waals surface area (Å²) in [7, 11) is 1.26. The lowest BCUT2D eigenvalue weighted by atomic mass is 9.75. The number of benzene rings is 1. The lowest BCUT2D eigenvalue weighted by Crippen LogP contribution is -2.73. The summed E-state index contributed by atoms with van der Waals surface area (Å²) in [5.41, 5.74) is 5.62. The lowest BCUT2D eigenvalue weighted by molar-refractivity contribution is -0.151. The van der Waals surface area contributed by atoms with E-state index >= 15 is 0 Å². The van der Waals surface area contributed by atoms with E-state index in [1.54, 1.807) is 27.7 Å². The van der Waals surface area contributed by atoms with Gasteiger partial charge in [-0.25, -0.2) is 4.79 Å². The molecule has 8 heteroatoms. The molecule has 1 aliphatic carbocycles. The normalized spacial score (nSPS) is 18.7. The molecular weight excluding hydrogens is 434 g/mol. The Balaban J connectivity index is 2.43. The van der Waals surface area contributed by atoms with Gasteiger partial charge in [0.2, 0.25) is 11.8 Å². The van der Waals surface area contributed by atoms with Crippen LogP contribution in [0.5, 0.6) is 0 Å². The Bertz CT molecular complexity index is 823. The number of methoxy groups -OCH3 is 1. The third-order valence-corrected chi connectivity index (χ3v) is 6.94. The zero-order valence-electron chi connectivity index (χ0n) is 21.0. The molecular formula is C26H41N3O5. The molecule has 2 amide bonds. The number of amides is 2. The van der Waals surface area contributed by atoms with Crippen molar-refractivity contribution in [3.8, 4) is 0 Å². The molecule has 190 valence electrons. The molecule has 0 radical (unpaired) electrons. The van der Waals surface area contributed by atoms with Crippen LogP contribution >= 0.6 is 0 Å². The van der Waals surface area contributed by atoms with E-state index < -0.39 is 41.5 Å². The van der Waals surface area contributed by atoms with Crippen LogP contribution in [0.4, 0.5) is 0 Å². The first-order valence-electron chi connectivity index (χ1n) is 12.2. The number of nitrogens with one attached hydrogen (secondary N) is 2. The van der Waals surface area contributed by atoms with Crippen LogP contribution in [0.2, 0.25) is 0 Å². The van der Waals surface area contributed by atoms with E-state index in [4.69, 9.17) is 10.5 Å². The number of hydrogen-bond acceptors (Lipinski definition) is 6. The second kappa shape index (κ2) is 12.3. The molecule has 0 aromatic heterocycles. The third-order valence-electron chi connectivity index (χ3n) is 6.94. The molecule has 0 spiro atoms. The highest BCUT2D eigenvalue weighted by Gasteiger charge is 2.52. The molecule has 1 aromatic rings. The molecule has 4 atom stereocenters. The molecule has 0 saturated heterocycles. The molecule has 1 fully saturated rings. The summed E-state index contributed by atoms with van der Waals surface area (Å²) in [6.45, 7) is 7.09. The van der Waals surface area contributed by atoms with E-state index in [0.717, 1.165) is 31.2 Å². The first-order chi connectivity index (χ1) is 16.0. The van der Waals surface area contributed by atoms with Gasteiger partial charge in [0.05, 0.1) is 7.11 Å². The second-order valence-electron chi connectivity index (χ2n) is 10.0. The van der Waals surface area contributed by atoms with E-state index in [9.17, 15) is 19.5 Å². The zero-order valence-corrected chi connectivity index (χ0v) is 21.0. The number of nitrogens with two attached hydrogens (primary N) is 1. The number of hydrogen-bond donors (Lipinski definition) is 4. The highest BCUT2D eigenvalue weighted by Crippen LogP contribution is 2.30. The van der Waals surface area contributed by atoms with Crippen molar-refractivity contribution in [3.63, 3.8) is 0 Å². The number of ether oxygens (including phenoxy) is 1. The van der Waals surface area contributed by atoms with Crippen LogP contribution in [0.15, 0.2) is 30.3 Å². The lowest BCUT2D eigenvalue weighted by Gasteiger charge is -2.44. The minimum absolute atomic E-state index is 0.218. The molecule has 1 aromatic carbocycles. The fourth-order valence-electron chi connectivity index (χ4n) is 4.73. The van der Waals surface area contributed by atoms with E-state index in [-0.39, 0.29) is 17.7 Å². The van der Waals surface area contributed by atoms with Crippen molar-refractivity contribution >= 4 is 17.8 Å². The van der Waals surface area contributed by atoms with Crippen molar-refractivity contribution in [2.45, 2.75) is 83.5 Å². The van der Waals surface area contributed by atoms with Crippen molar-refractivity contribution in [1.29, 1.82) is 0 Å². The van der Waals surface area contributed by atoms with E-state index in [2.05, 4.69) is 10.6 Å². The Hall–Kier alpha value is -2.45. The van der Waals surface area contributed by atoms with Gasteiger partial charge in [0.1, 0.15) is 17.7 Å². The van der Waals surface area contributed by atoms with Crippen molar-refractivity contribution in [2.75, 3.05) is 7.11 Å². The van der Waals surface area contributed by atoms with Crippen molar-refractivity contribution in [2.24, 2.45) is 23.5 Å². The summed E-state index contributed by atoms with van der Waals surface area (Å²) in [6, 6.07) is 7.66. The monoisotopic (exact) mass is 475 g/mol. The Morgan fingerprint density at radius 2 is 1.71 bits per heavy atom.